The quantitative estimate of drug-likeness (QED) is 0.641. The van der Waals surface area contributed by atoms with E-state index in [-0.39, 0.29) is 0 Å². The zero-order valence-electron chi connectivity index (χ0n) is 6.58. The van der Waals surface area contributed by atoms with Gasteiger partial charge in [0.15, 0.2) is 0 Å². The van der Waals surface area contributed by atoms with E-state index in [0.717, 1.165) is 5.88 Å². The molecule has 0 radical (unpaired) electrons. The molecule has 2 heteroatoms. The van der Waals surface area contributed by atoms with Crippen molar-refractivity contribution in [2.75, 3.05) is 0 Å². The summed E-state index contributed by atoms with van der Waals surface area (Å²) < 4.78 is 5.47. The lowest BCUT2D eigenvalue weighted by Crippen LogP contribution is -1.97. The van der Waals surface area contributed by atoms with Gasteiger partial charge in [-0.05, 0) is 25.3 Å². The van der Waals surface area contributed by atoms with Crippen LogP contribution in [0.3, 0.4) is 0 Å². The summed E-state index contributed by atoms with van der Waals surface area (Å²) in [6.07, 6.45) is 4.66. The molecule has 1 aliphatic carbocycles. The minimum Gasteiger partial charge on any atom is -0.474 e. The zero-order valence-corrected chi connectivity index (χ0v) is 6.58. The van der Waals surface area contributed by atoms with Gasteiger partial charge in [0.25, 0.3) is 0 Å². The molecule has 0 aliphatic heterocycles. The first-order valence-electron chi connectivity index (χ1n) is 3.94. The zero-order chi connectivity index (χ0) is 7.68. The average Bonchev–Trinajstić information content (AvgIpc) is 2.78. The highest BCUT2D eigenvalue weighted by Crippen LogP contribution is 2.25. The van der Waals surface area contributed by atoms with E-state index in [4.69, 9.17) is 4.74 Å². The highest BCUT2D eigenvalue weighted by Gasteiger charge is 2.23. The normalized spacial score (nSPS) is 16.5. The molecule has 0 bridgehead atoms. The van der Waals surface area contributed by atoms with Crippen LogP contribution in [0.4, 0.5) is 0 Å². The maximum absolute atomic E-state index is 5.47. The first kappa shape index (κ1) is 6.65. The van der Waals surface area contributed by atoms with Crippen LogP contribution < -0.4 is 4.74 Å². The highest BCUT2D eigenvalue weighted by atomic mass is 16.5. The summed E-state index contributed by atoms with van der Waals surface area (Å²) in [5.41, 5.74) is 1.17. The fourth-order valence-electron chi connectivity index (χ4n) is 0.881. The molecular formula is C9H11NO. The molecule has 0 atom stereocenters. The third-order valence-corrected chi connectivity index (χ3v) is 1.70. The molecule has 0 amide bonds. The van der Waals surface area contributed by atoms with E-state index in [9.17, 15) is 0 Å². The van der Waals surface area contributed by atoms with Gasteiger partial charge in [0.2, 0.25) is 5.88 Å². The van der Waals surface area contributed by atoms with Crippen LogP contribution in [0, 0.1) is 6.92 Å². The van der Waals surface area contributed by atoms with Crippen LogP contribution in [0.5, 0.6) is 5.88 Å². The van der Waals surface area contributed by atoms with Gasteiger partial charge >= 0.3 is 0 Å². The summed E-state index contributed by atoms with van der Waals surface area (Å²) >= 11 is 0. The predicted octanol–water partition coefficient (Wildman–Crippen LogP) is 1.93. The maximum Gasteiger partial charge on any atom is 0.213 e. The Kier molecular flexibility index (Phi) is 1.53. The Balaban J connectivity index is 2.06. The van der Waals surface area contributed by atoms with Gasteiger partial charge in [-0.15, -0.1) is 0 Å². The summed E-state index contributed by atoms with van der Waals surface area (Å²) in [6.45, 7) is 2.02. The van der Waals surface area contributed by atoms with Crippen LogP contribution in [0.15, 0.2) is 18.3 Å². The first-order valence-corrected chi connectivity index (χ1v) is 3.94. The van der Waals surface area contributed by atoms with Gasteiger partial charge in [-0.25, -0.2) is 4.98 Å². The van der Waals surface area contributed by atoms with E-state index in [1.807, 2.05) is 25.3 Å². The highest BCUT2D eigenvalue weighted by molar-refractivity contribution is 5.16. The molecule has 58 valence electrons. The van der Waals surface area contributed by atoms with Gasteiger partial charge in [-0.1, -0.05) is 6.07 Å². The van der Waals surface area contributed by atoms with Gasteiger partial charge in [0.1, 0.15) is 6.10 Å². The lowest BCUT2D eigenvalue weighted by Gasteiger charge is -2.01. The van der Waals surface area contributed by atoms with Gasteiger partial charge in [-0.3, -0.25) is 0 Å². The summed E-state index contributed by atoms with van der Waals surface area (Å²) in [5.74, 6) is 0.762. The molecule has 1 aliphatic rings. The predicted molar refractivity (Wildman–Crippen MR) is 42.6 cm³/mol. The first-order chi connectivity index (χ1) is 5.34. The van der Waals surface area contributed by atoms with Gasteiger partial charge < -0.3 is 4.74 Å². The van der Waals surface area contributed by atoms with E-state index in [1.165, 1.54) is 18.4 Å². The third-order valence-electron chi connectivity index (χ3n) is 1.70. The fourth-order valence-corrected chi connectivity index (χ4v) is 0.881. The fraction of sp³-hybridized carbons (Fsp3) is 0.444. The number of nitrogens with zero attached hydrogens (tertiary/aromatic N) is 1. The van der Waals surface area contributed by atoms with Crippen LogP contribution in [0.1, 0.15) is 18.4 Å². The summed E-state index contributed by atoms with van der Waals surface area (Å²) in [6, 6.07) is 3.94. The molecule has 0 saturated heterocycles. The summed E-state index contributed by atoms with van der Waals surface area (Å²) in [5, 5.41) is 0. The molecule has 0 N–H and O–H groups in total. The Morgan fingerprint density at radius 2 is 2.27 bits per heavy atom. The molecule has 2 nitrogen and oxygen atoms in total. The number of hydrogen-bond acceptors (Lipinski definition) is 2. The third kappa shape index (κ3) is 1.70. The van der Waals surface area contributed by atoms with Crippen LogP contribution in [-0.4, -0.2) is 11.1 Å². The lowest BCUT2D eigenvalue weighted by atomic mass is 10.3. The molecule has 11 heavy (non-hydrogen) atoms. The van der Waals surface area contributed by atoms with Crippen molar-refractivity contribution >= 4 is 0 Å². The molecule has 0 aromatic carbocycles. The second kappa shape index (κ2) is 2.53. The van der Waals surface area contributed by atoms with Crippen molar-refractivity contribution < 1.29 is 4.74 Å². The van der Waals surface area contributed by atoms with E-state index < -0.39 is 0 Å². The number of aryl methyl sites for hydroxylation is 1. The Hall–Kier alpha value is -1.05. The largest absolute Gasteiger partial charge is 0.474 e. The number of pyridine rings is 1. The van der Waals surface area contributed by atoms with Crippen LogP contribution in [-0.2, 0) is 0 Å². The molecule has 1 fully saturated rings. The van der Waals surface area contributed by atoms with E-state index in [2.05, 4.69) is 4.98 Å². The van der Waals surface area contributed by atoms with Crippen molar-refractivity contribution in [1.29, 1.82) is 0 Å². The molecular weight excluding hydrogens is 138 g/mol. The monoisotopic (exact) mass is 149 g/mol. The minimum absolute atomic E-state index is 0.449. The molecule has 1 aromatic rings. The number of aromatic nitrogens is 1. The van der Waals surface area contributed by atoms with Crippen LogP contribution >= 0.6 is 0 Å². The maximum atomic E-state index is 5.47. The van der Waals surface area contributed by atoms with Crippen molar-refractivity contribution in [1.82, 2.24) is 4.98 Å². The average molecular weight is 149 g/mol. The molecule has 1 saturated carbocycles. The van der Waals surface area contributed by atoms with Crippen molar-refractivity contribution in [2.45, 2.75) is 25.9 Å². The van der Waals surface area contributed by atoms with E-state index in [0.29, 0.717) is 6.10 Å². The SMILES string of the molecule is Cc1ccc(OC2CC2)nc1. The Labute approximate surface area is 66.2 Å². The topological polar surface area (TPSA) is 22.1 Å². The molecule has 1 aromatic heterocycles. The Morgan fingerprint density at radius 1 is 1.45 bits per heavy atom. The smallest absolute Gasteiger partial charge is 0.213 e. The molecule has 1 heterocycles. The van der Waals surface area contributed by atoms with Crippen molar-refractivity contribution in [2.24, 2.45) is 0 Å². The van der Waals surface area contributed by atoms with E-state index in [1.54, 1.807) is 0 Å². The minimum atomic E-state index is 0.449. The number of rotatable bonds is 2. The van der Waals surface area contributed by atoms with Gasteiger partial charge in [0.05, 0.1) is 0 Å². The van der Waals surface area contributed by atoms with Crippen molar-refractivity contribution in [3.8, 4) is 5.88 Å². The number of ether oxygens (including phenoxy) is 1. The molecule has 0 spiro atoms. The Morgan fingerprint density at radius 3 is 2.82 bits per heavy atom. The van der Waals surface area contributed by atoms with Crippen LogP contribution in [0.2, 0.25) is 0 Å². The summed E-state index contributed by atoms with van der Waals surface area (Å²) in [4.78, 5) is 4.14. The number of hydrogen-bond donors (Lipinski definition) is 0. The van der Waals surface area contributed by atoms with Crippen molar-refractivity contribution in [3.63, 3.8) is 0 Å². The lowest BCUT2D eigenvalue weighted by molar-refractivity contribution is 0.291. The molecule has 0 unspecified atom stereocenters. The summed E-state index contributed by atoms with van der Waals surface area (Å²) in [7, 11) is 0. The Bertz CT molecular complexity index is 238. The van der Waals surface area contributed by atoms with Gasteiger partial charge in [0, 0.05) is 12.3 Å². The second-order valence-corrected chi connectivity index (χ2v) is 2.99. The van der Waals surface area contributed by atoms with Gasteiger partial charge in [-0.2, -0.15) is 0 Å². The van der Waals surface area contributed by atoms with E-state index >= 15 is 0 Å². The van der Waals surface area contributed by atoms with Crippen molar-refractivity contribution in [3.05, 3.63) is 23.9 Å². The van der Waals surface area contributed by atoms with Crippen LogP contribution in [0.25, 0.3) is 0 Å². The molecule has 2 rings (SSSR count). The standard InChI is InChI=1S/C9H11NO/c1-7-2-5-9(10-6-7)11-8-3-4-8/h2,5-6,8H,3-4H2,1H3. The second-order valence-electron chi connectivity index (χ2n) is 2.99.